The van der Waals surface area contributed by atoms with E-state index in [1.807, 2.05) is 115 Å². The number of hydrogen-bond donors (Lipinski definition) is 0. The number of aryl methyl sites for hydroxylation is 1. The molecule has 0 spiro atoms. The Balaban J connectivity index is 0.00000471. The first-order valence-electron chi connectivity index (χ1n) is 21.1. The Kier molecular flexibility index (Phi) is 8.26. The second-order valence-corrected chi connectivity index (χ2v) is 15.9. The van der Waals surface area contributed by atoms with Gasteiger partial charge in [0.15, 0.2) is 0 Å². The fraction of sp³-hybridized carbons (Fsp3) is 0.0943. The maximum Gasteiger partial charge on any atom is 0.243 e. The SMILES string of the molecule is [2H]C([2H])([2H])[n+]1[c-]n(-c2[c-]c(Oc3[c-]c4c(cc3)c3ccccc3n4-c3cc(C(C)(C)C)ccn3)ccc2)c2ccccc2c2ccc3oc4ccccc4c3c2c2ccccc21.[Pt]. The van der Waals surface area contributed by atoms with E-state index < -0.39 is 6.98 Å². The van der Waals surface area contributed by atoms with Gasteiger partial charge in [0, 0.05) is 55.1 Å². The van der Waals surface area contributed by atoms with E-state index >= 15 is 0 Å². The minimum absolute atomic E-state index is 0. The minimum Gasteiger partial charge on any atom is -0.510 e. The molecule has 11 rings (SSSR count). The van der Waals surface area contributed by atoms with Crippen LogP contribution in [0, 0.1) is 18.5 Å². The van der Waals surface area contributed by atoms with Gasteiger partial charge >= 0.3 is 0 Å². The summed E-state index contributed by atoms with van der Waals surface area (Å²) < 4.78 is 44.8. The molecule has 0 amide bonds. The summed E-state index contributed by atoms with van der Waals surface area (Å²) in [5.74, 6) is 1.70. The van der Waals surface area contributed by atoms with Gasteiger partial charge in [-0.25, -0.2) is 4.98 Å². The second kappa shape index (κ2) is 14.5. The summed E-state index contributed by atoms with van der Waals surface area (Å²) in [4.78, 5) is 4.82. The summed E-state index contributed by atoms with van der Waals surface area (Å²) in [6.45, 7) is 3.96. The largest absolute Gasteiger partial charge is 0.510 e. The molecule has 0 unspecified atom stereocenters. The molecule has 0 atom stereocenters. The topological polar surface area (TPSA) is 49.0 Å². The van der Waals surface area contributed by atoms with Crippen LogP contribution in [0.5, 0.6) is 11.5 Å². The third-order valence-electron chi connectivity index (χ3n) is 11.2. The Morgan fingerprint density at radius 1 is 0.633 bits per heavy atom. The maximum atomic E-state index is 8.91. The smallest absolute Gasteiger partial charge is 0.243 e. The van der Waals surface area contributed by atoms with Crippen molar-refractivity contribution in [3.8, 4) is 23.0 Å². The summed E-state index contributed by atoms with van der Waals surface area (Å²) in [6.07, 6.45) is 5.19. The number of rotatable bonds is 4. The number of ether oxygens (including phenoxy) is 1. The zero-order chi connectivity index (χ0) is 42.3. The van der Waals surface area contributed by atoms with Gasteiger partial charge < -0.3 is 22.9 Å². The number of hydrogen-bond acceptors (Lipinski definition) is 3. The van der Waals surface area contributed by atoms with Gasteiger partial charge in [-0.15, -0.1) is 29.7 Å². The van der Waals surface area contributed by atoms with Gasteiger partial charge in [-0.05, 0) is 68.2 Å². The van der Waals surface area contributed by atoms with Crippen molar-refractivity contribution in [3.63, 3.8) is 0 Å². The third-order valence-corrected chi connectivity index (χ3v) is 11.2. The number of nitrogens with zero attached hydrogens (tertiary/aromatic N) is 4. The first-order valence-corrected chi connectivity index (χ1v) is 19.6. The van der Waals surface area contributed by atoms with Crippen LogP contribution < -0.4 is 9.30 Å². The van der Waals surface area contributed by atoms with Crippen LogP contribution in [0.4, 0.5) is 0 Å². The molecule has 0 fully saturated rings. The standard InChI is InChI=1S/C53H38N4O2.Pt/c1-53(2,3)34-28-29-54-50(30-34)57-46-22-11-6-16-38(46)40-25-24-37(32-47(40)57)58-36-15-13-14-35(31-36)56-33-55(4)44-20-9-7-18-42(44)51-41(39-17-5-10-21-45(39)56)26-27-49-52(51)43-19-8-12-23-48(43)59-49;/h5-30H,1-4H3;/q-2;/i4D3;. The van der Waals surface area contributed by atoms with Crippen molar-refractivity contribution in [3.05, 3.63) is 182 Å². The molecule has 0 bridgehead atoms. The molecule has 0 radical (unpaired) electrons. The van der Waals surface area contributed by atoms with E-state index in [0.29, 0.717) is 33.8 Å². The van der Waals surface area contributed by atoms with Gasteiger partial charge in [0.1, 0.15) is 17.0 Å². The monoisotopic (exact) mass is 960 g/mol. The fourth-order valence-corrected chi connectivity index (χ4v) is 8.41. The molecule has 4 aromatic heterocycles. The second-order valence-electron chi connectivity index (χ2n) is 15.9. The molecule has 0 N–H and O–H groups in total. The molecule has 6 nitrogen and oxygen atoms in total. The van der Waals surface area contributed by atoms with Crippen molar-refractivity contribution in [2.45, 2.75) is 26.2 Å². The quantitative estimate of drug-likeness (QED) is 0.130. The van der Waals surface area contributed by atoms with Crippen molar-refractivity contribution in [1.82, 2.24) is 14.1 Å². The van der Waals surface area contributed by atoms with Gasteiger partial charge in [0.25, 0.3) is 0 Å². The average molecular weight is 961 g/mol. The molecule has 7 heteroatoms. The van der Waals surface area contributed by atoms with Gasteiger partial charge in [-0.1, -0.05) is 123 Å². The van der Waals surface area contributed by atoms with Crippen LogP contribution in [0.25, 0.3) is 87.8 Å². The maximum absolute atomic E-state index is 8.91. The van der Waals surface area contributed by atoms with E-state index in [-0.39, 0.29) is 26.5 Å². The number of furan rings is 1. The van der Waals surface area contributed by atoms with Crippen molar-refractivity contribution in [2.24, 2.45) is 6.98 Å². The fourth-order valence-electron chi connectivity index (χ4n) is 8.41. The van der Waals surface area contributed by atoms with Crippen LogP contribution in [-0.2, 0) is 33.5 Å². The molecule has 294 valence electrons. The van der Waals surface area contributed by atoms with E-state index in [4.69, 9.17) is 18.3 Å². The predicted octanol–water partition coefficient (Wildman–Crippen LogP) is 12.8. The molecule has 0 aliphatic carbocycles. The predicted molar refractivity (Wildman–Crippen MR) is 238 cm³/mol. The van der Waals surface area contributed by atoms with Crippen LogP contribution in [0.3, 0.4) is 0 Å². The van der Waals surface area contributed by atoms with Crippen LogP contribution in [0.2, 0.25) is 0 Å². The zero-order valence-electron chi connectivity index (χ0n) is 35.9. The van der Waals surface area contributed by atoms with Crippen molar-refractivity contribution in [2.75, 3.05) is 0 Å². The van der Waals surface area contributed by atoms with E-state index in [9.17, 15) is 0 Å². The third kappa shape index (κ3) is 6.13. The van der Waals surface area contributed by atoms with Gasteiger partial charge in [-0.3, -0.25) is 0 Å². The number of pyridine rings is 1. The van der Waals surface area contributed by atoms with Crippen LogP contribution in [0.1, 0.15) is 30.4 Å². The number of benzene rings is 7. The number of para-hydroxylation sites is 4. The van der Waals surface area contributed by atoms with Crippen molar-refractivity contribution in [1.29, 1.82) is 0 Å². The van der Waals surface area contributed by atoms with Crippen molar-refractivity contribution >= 4 is 76.3 Å². The first-order chi connectivity index (χ1) is 30.0. The zero-order valence-corrected chi connectivity index (χ0v) is 35.2. The Morgan fingerprint density at radius 2 is 1.33 bits per heavy atom. The normalized spacial score (nSPS) is 12.8. The van der Waals surface area contributed by atoms with E-state index in [1.165, 1.54) is 10.1 Å². The van der Waals surface area contributed by atoms with E-state index in [1.54, 1.807) is 4.57 Å². The Morgan fingerprint density at radius 3 is 2.15 bits per heavy atom. The summed E-state index contributed by atoms with van der Waals surface area (Å²) in [6, 6.07) is 56.6. The van der Waals surface area contributed by atoms with E-state index in [0.717, 1.165) is 65.5 Å². The molecule has 0 saturated heterocycles. The Hall–Kier alpha value is -6.75. The average Bonchev–Trinajstić information content (AvgIpc) is 3.82. The molecule has 0 aliphatic heterocycles. The molecule has 0 saturated carbocycles. The molecule has 11 aromatic rings. The summed E-state index contributed by atoms with van der Waals surface area (Å²) >= 11 is 0. The van der Waals surface area contributed by atoms with Crippen LogP contribution in [0.15, 0.2) is 162 Å². The summed E-state index contributed by atoms with van der Waals surface area (Å²) in [5.41, 5.74) is 6.13. The van der Waals surface area contributed by atoms with Crippen LogP contribution in [-0.4, -0.2) is 14.1 Å². The summed E-state index contributed by atoms with van der Waals surface area (Å²) in [7, 11) is 0. The molecule has 7 aromatic carbocycles. The Bertz CT molecular complexity index is 3670. The Labute approximate surface area is 365 Å². The minimum atomic E-state index is -2.63. The van der Waals surface area contributed by atoms with Gasteiger partial charge in [0.05, 0.1) is 22.1 Å². The number of aromatic nitrogens is 4. The van der Waals surface area contributed by atoms with Gasteiger partial charge in [0.2, 0.25) is 6.33 Å². The van der Waals surface area contributed by atoms with Crippen LogP contribution >= 0.6 is 0 Å². The molecule has 0 aliphatic rings. The number of fused-ring (bicyclic) bond motifs is 12. The molecule has 4 heterocycles. The van der Waals surface area contributed by atoms with Gasteiger partial charge in [-0.2, -0.15) is 18.2 Å². The molecular weight excluding hydrogens is 920 g/mol. The molecule has 60 heavy (non-hydrogen) atoms. The van der Waals surface area contributed by atoms with E-state index in [2.05, 4.69) is 86.3 Å². The molecular formula is C53H38N4O2Pt-2. The summed E-state index contributed by atoms with van der Waals surface area (Å²) in [5, 5.41) is 7.37. The first kappa shape index (κ1) is 34.1. The van der Waals surface area contributed by atoms with Crippen molar-refractivity contribution < 1.29 is 38.9 Å².